The van der Waals surface area contributed by atoms with Crippen molar-refractivity contribution >= 4 is 22.6 Å². The summed E-state index contributed by atoms with van der Waals surface area (Å²) < 4.78 is 0.879. The fourth-order valence-corrected chi connectivity index (χ4v) is 1.58. The topological polar surface area (TPSA) is 51.6 Å². The Balaban J connectivity index is 2.32. The second-order valence-electron chi connectivity index (χ2n) is 2.93. The number of aromatic nitrogens is 4. The van der Waals surface area contributed by atoms with Gasteiger partial charge in [-0.15, -0.1) is 10.2 Å². The van der Waals surface area contributed by atoms with Crippen molar-refractivity contribution in [2.45, 2.75) is 39.0 Å². The number of halogens is 1. The van der Waals surface area contributed by atoms with E-state index in [2.05, 4.69) is 50.1 Å². The van der Waals surface area contributed by atoms with Gasteiger partial charge in [0.15, 0.2) is 0 Å². The Kier molecular flexibility index (Phi) is 5.10. The minimum atomic E-state index is 0.879. The number of aryl methyl sites for hydroxylation is 1. The highest BCUT2D eigenvalue weighted by atomic mass is 127. The minimum Gasteiger partial charge on any atom is -0.131 e. The lowest BCUT2D eigenvalue weighted by atomic mass is 10.1. The molecule has 0 amide bonds. The number of nitrogens with zero attached hydrogens (tertiary/aromatic N) is 4. The van der Waals surface area contributed by atoms with Gasteiger partial charge in [0, 0.05) is 0 Å². The highest BCUT2D eigenvalue weighted by Gasteiger charge is 2.02. The van der Waals surface area contributed by atoms with E-state index in [1.54, 1.807) is 0 Å². The Bertz CT molecular complexity index is 254. The van der Waals surface area contributed by atoms with E-state index >= 15 is 0 Å². The van der Waals surface area contributed by atoms with Gasteiger partial charge in [0.25, 0.3) is 0 Å². The summed E-state index contributed by atoms with van der Waals surface area (Å²) in [6.45, 7) is 2.21. The van der Waals surface area contributed by atoms with Crippen LogP contribution in [0.4, 0.5) is 0 Å². The fraction of sp³-hybridized carbons (Fsp3) is 0.750. The Morgan fingerprint density at radius 1 is 1.08 bits per heavy atom. The number of unbranched alkanes of at least 4 members (excludes halogenated alkanes) is 3. The van der Waals surface area contributed by atoms with E-state index in [1.807, 2.05) is 0 Å². The zero-order valence-corrected chi connectivity index (χ0v) is 9.86. The second-order valence-corrected chi connectivity index (χ2v) is 3.95. The first kappa shape index (κ1) is 10.7. The SMILES string of the molecule is CCCCCCc1nnnnc1I. The Labute approximate surface area is 91.7 Å². The van der Waals surface area contributed by atoms with Gasteiger partial charge in [0.05, 0.1) is 5.69 Å². The minimum absolute atomic E-state index is 0.879. The van der Waals surface area contributed by atoms with Crippen molar-refractivity contribution in [3.8, 4) is 0 Å². The first-order chi connectivity index (χ1) is 6.34. The monoisotopic (exact) mass is 292 g/mol. The van der Waals surface area contributed by atoms with Crippen LogP contribution in [0.3, 0.4) is 0 Å². The summed E-state index contributed by atoms with van der Waals surface area (Å²) in [5.41, 5.74) is 0.978. The normalized spacial score (nSPS) is 10.3. The van der Waals surface area contributed by atoms with Gasteiger partial charge in [0.1, 0.15) is 3.70 Å². The summed E-state index contributed by atoms with van der Waals surface area (Å²) >= 11 is 2.15. The molecular formula is C8H13IN4. The van der Waals surface area contributed by atoms with E-state index in [0.29, 0.717) is 0 Å². The first-order valence-electron chi connectivity index (χ1n) is 4.55. The third-order valence-electron chi connectivity index (χ3n) is 1.84. The van der Waals surface area contributed by atoms with Crippen molar-refractivity contribution in [2.24, 2.45) is 0 Å². The Morgan fingerprint density at radius 2 is 1.85 bits per heavy atom. The molecule has 0 fully saturated rings. The number of hydrogen-bond acceptors (Lipinski definition) is 4. The fourth-order valence-electron chi connectivity index (χ4n) is 1.10. The van der Waals surface area contributed by atoms with Gasteiger partial charge >= 0.3 is 0 Å². The average molecular weight is 292 g/mol. The first-order valence-corrected chi connectivity index (χ1v) is 5.63. The van der Waals surface area contributed by atoms with E-state index in [4.69, 9.17) is 0 Å². The molecule has 0 N–H and O–H groups in total. The third kappa shape index (κ3) is 3.93. The molecule has 0 aromatic carbocycles. The molecule has 0 unspecified atom stereocenters. The predicted octanol–water partition coefficient (Wildman–Crippen LogP) is 1.99. The molecule has 13 heavy (non-hydrogen) atoms. The molecule has 1 aromatic heterocycles. The lowest BCUT2D eigenvalue weighted by Gasteiger charge is -1.99. The van der Waals surface area contributed by atoms with E-state index in [9.17, 15) is 0 Å². The van der Waals surface area contributed by atoms with Crippen LogP contribution in [-0.2, 0) is 6.42 Å². The van der Waals surface area contributed by atoms with E-state index in [1.165, 1.54) is 25.7 Å². The lowest BCUT2D eigenvalue weighted by Crippen LogP contribution is -2.02. The average Bonchev–Trinajstić information content (AvgIpc) is 2.15. The van der Waals surface area contributed by atoms with Gasteiger partial charge in [-0.2, -0.15) is 0 Å². The molecule has 72 valence electrons. The highest BCUT2D eigenvalue weighted by Crippen LogP contribution is 2.08. The number of hydrogen-bond donors (Lipinski definition) is 0. The lowest BCUT2D eigenvalue weighted by molar-refractivity contribution is 0.633. The molecule has 1 rings (SSSR count). The van der Waals surface area contributed by atoms with Crippen molar-refractivity contribution in [2.75, 3.05) is 0 Å². The Hall–Kier alpha value is -0.330. The van der Waals surface area contributed by atoms with Crippen LogP contribution in [0.2, 0.25) is 0 Å². The molecule has 1 aromatic rings. The van der Waals surface area contributed by atoms with Gasteiger partial charge in [-0.1, -0.05) is 26.2 Å². The zero-order valence-electron chi connectivity index (χ0n) is 7.70. The molecule has 5 heteroatoms. The van der Waals surface area contributed by atoms with Crippen molar-refractivity contribution < 1.29 is 0 Å². The molecule has 0 aliphatic rings. The zero-order chi connectivity index (χ0) is 9.52. The van der Waals surface area contributed by atoms with Crippen LogP contribution in [0.25, 0.3) is 0 Å². The van der Waals surface area contributed by atoms with Gasteiger partial charge in [-0.25, -0.2) is 0 Å². The van der Waals surface area contributed by atoms with Crippen LogP contribution >= 0.6 is 22.6 Å². The molecule has 0 saturated carbocycles. The van der Waals surface area contributed by atoms with Crippen molar-refractivity contribution in [3.63, 3.8) is 0 Å². The summed E-state index contributed by atoms with van der Waals surface area (Å²) in [5, 5.41) is 14.8. The van der Waals surface area contributed by atoms with Crippen molar-refractivity contribution in [1.29, 1.82) is 0 Å². The molecule has 0 bridgehead atoms. The quantitative estimate of drug-likeness (QED) is 0.615. The van der Waals surface area contributed by atoms with Crippen LogP contribution in [-0.4, -0.2) is 20.6 Å². The molecule has 0 saturated heterocycles. The standard InChI is InChI=1S/C8H13IN4/c1-2-3-4-5-6-7-8(9)11-13-12-10-7/h2-6H2,1H3. The maximum Gasteiger partial charge on any atom is 0.149 e. The second kappa shape index (κ2) is 6.17. The van der Waals surface area contributed by atoms with Gasteiger partial charge in [-0.05, 0) is 45.9 Å². The maximum absolute atomic E-state index is 3.94. The molecule has 0 aliphatic heterocycles. The molecule has 0 atom stereocenters. The largest absolute Gasteiger partial charge is 0.149 e. The molecule has 1 heterocycles. The molecule has 0 aliphatic carbocycles. The molecule has 0 spiro atoms. The van der Waals surface area contributed by atoms with E-state index in [0.717, 1.165) is 15.8 Å². The maximum atomic E-state index is 3.94. The summed E-state index contributed by atoms with van der Waals surface area (Å²) in [4.78, 5) is 0. The molecular weight excluding hydrogens is 279 g/mol. The predicted molar refractivity (Wildman–Crippen MR) is 58.2 cm³/mol. The summed E-state index contributed by atoms with van der Waals surface area (Å²) in [6.07, 6.45) is 5.96. The van der Waals surface area contributed by atoms with E-state index < -0.39 is 0 Å². The van der Waals surface area contributed by atoms with Crippen LogP contribution in [0.5, 0.6) is 0 Å². The number of rotatable bonds is 5. The highest BCUT2D eigenvalue weighted by molar-refractivity contribution is 14.1. The summed E-state index contributed by atoms with van der Waals surface area (Å²) in [6, 6.07) is 0. The third-order valence-corrected chi connectivity index (χ3v) is 2.68. The van der Waals surface area contributed by atoms with Gasteiger partial charge in [-0.3, -0.25) is 0 Å². The molecule has 4 nitrogen and oxygen atoms in total. The Morgan fingerprint density at radius 3 is 2.54 bits per heavy atom. The molecule has 0 radical (unpaired) electrons. The van der Waals surface area contributed by atoms with Crippen LogP contribution in [0.1, 0.15) is 38.3 Å². The van der Waals surface area contributed by atoms with Crippen LogP contribution in [0, 0.1) is 3.70 Å². The summed E-state index contributed by atoms with van der Waals surface area (Å²) in [7, 11) is 0. The van der Waals surface area contributed by atoms with E-state index in [-0.39, 0.29) is 0 Å². The van der Waals surface area contributed by atoms with Crippen molar-refractivity contribution in [3.05, 3.63) is 9.39 Å². The van der Waals surface area contributed by atoms with Crippen molar-refractivity contribution in [1.82, 2.24) is 20.6 Å². The van der Waals surface area contributed by atoms with Crippen LogP contribution < -0.4 is 0 Å². The van der Waals surface area contributed by atoms with Gasteiger partial charge in [0.2, 0.25) is 0 Å². The van der Waals surface area contributed by atoms with Crippen LogP contribution in [0.15, 0.2) is 0 Å². The smallest absolute Gasteiger partial charge is 0.131 e. The van der Waals surface area contributed by atoms with Gasteiger partial charge < -0.3 is 0 Å². The summed E-state index contributed by atoms with van der Waals surface area (Å²) in [5.74, 6) is 0.